The summed E-state index contributed by atoms with van der Waals surface area (Å²) < 4.78 is 36.4. The minimum absolute atomic E-state index is 0.0136. The van der Waals surface area contributed by atoms with Gasteiger partial charge in [0.15, 0.2) is 17.2 Å². The molecular formula is C22H30F2N4O5. The Morgan fingerprint density at radius 3 is 2.52 bits per heavy atom. The van der Waals surface area contributed by atoms with Crippen molar-refractivity contribution in [3.63, 3.8) is 0 Å². The van der Waals surface area contributed by atoms with Gasteiger partial charge in [-0.15, -0.1) is 0 Å². The number of carbonyl (C=O) groups is 1. The zero-order valence-electron chi connectivity index (χ0n) is 19.2. The maximum absolute atomic E-state index is 13.5. The first-order valence-electron chi connectivity index (χ1n) is 10.7. The highest BCUT2D eigenvalue weighted by Gasteiger charge is 2.26. The van der Waals surface area contributed by atoms with Gasteiger partial charge >= 0.3 is 12.3 Å². The van der Waals surface area contributed by atoms with E-state index >= 15 is 0 Å². The number of nitrogens with one attached hydrogen (secondary N) is 1. The van der Waals surface area contributed by atoms with E-state index in [1.54, 1.807) is 0 Å². The molecule has 0 unspecified atom stereocenters. The first-order valence-corrected chi connectivity index (χ1v) is 10.7. The second kappa shape index (κ2) is 11.5. The molecule has 1 amide bonds. The number of hydrogen-bond acceptors (Lipinski definition) is 6. The van der Waals surface area contributed by atoms with E-state index < -0.39 is 23.8 Å². The number of aromatic amines is 1. The molecule has 1 aromatic carbocycles. The van der Waals surface area contributed by atoms with Gasteiger partial charge in [0.1, 0.15) is 5.82 Å². The van der Waals surface area contributed by atoms with E-state index in [0.717, 1.165) is 12.5 Å². The monoisotopic (exact) mass is 468 g/mol. The number of amides is 1. The highest BCUT2D eigenvalue weighted by atomic mass is 19.3. The molecule has 2 rings (SSSR count). The molecule has 0 aliphatic rings. The number of nitrogens with two attached hydrogens (primary N) is 1. The van der Waals surface area contributed by atoms with Crippen LogP contribution in [0.1, 0.15) is 50.4 Å². The van der Waals surface area contributed by atoms with Crippen LogP contribution >= 0.6 is 0 Å². The number of unbranched alkanes of at least 4 members (excludes halogenated alkanes) is 1. The number of carbonyl (C=O) groups excluding carboxylic acids is 1. The fraction of sp³-hybridized carbons (Fsp3) is 0.500. The summed E-state index contributed by atoms with van der Waals surface area (Å²) in [7, 11) is 1.28. The lowest BCUT2D eigenvalue weighted by molar-refractivity contribution is -0.0512. The van der Waals surface area contributed by atoms with Crippen molar-refractivity contribution in [2.75, 3.05) is 24.3 Å². The number of halogens is 2. The van der Waals surface area contributed by atoms with Crippen LogP contribution in [0.5, 0.6) is 11.5 Å². The molecule has 1 heterocycles. The highest BCUT2D eigenvalue weighted by molar-refractivity contribution is 6.07. The number of anilines is 2. The number of H-pyrrole nitrogens is 1. The Kier molecular flexibility index (Phi) is 9.01. The Morgan fingerprint density at radius 1 is 1.24 bits per heavy atom. The zero-order valence-corrected chi connectivity index (χ0v) is 19.2. The average molecular weight is 469 g/mol. The molecule has 0 aliphatic heterocycles. The van der Waals surface area contributed by atoms with Gasteiger partial charge in [0, 0.05) is 18.7 Å². The van der Waals surface area contributed by atoms with Crippen LogP contribution in [0.4, 0.5) is 20.3 Å². The first-order chi connectivity index (χ1) is 15.6. The maximum Gasteiger partial charge on any atom is 0.387 e. The van der Waals surface area contributed by atoms with Gasteiger partial charge < -0.3 is 20.1 Å². The molecular weight excluding hydrogens is 438 g/mol. The van der Waals surface area contributed by atoms with Crippen LogP contribution < -0.4 is 31.4 Å². The summed E-state index contributed by atoms with van der Waals surface area (Å²) in [6.45, 7) is 3.09. The smallest absolute Gasteiger partial charge is 0.387 e. The normalized spacial score (nSPS) is 11.2. The van der Waals surface area contributed by atoms with Gasteiger partial charge in [-0.1, -0.05) is 27.2 Å². The Labute approximate surface area is 190 Å². The lowest BCUT2D eigenvalue weighted by atomic mass is 10.1. The fourth-order valence-corrected chi connectivity index (χ4v) is 3.23. The molecule has 2 aromatic rings. The van der Waals surface area contributed by atoms with Crippen molar-refractivity contribution in [3.8, 4) is 11.5 Å². The summed E-state index contributed by atoms with van der Waals surface area (Å²) in [6, 6.07) is 3.81. The van der Waals surface area contributed by atoms with E-state index in [4.69, 9.17) is 10.5 Å². The Morgan fingerprint density at radius 2 is 1.94 bits per heavy atom. The van der Waals surface area contributed by atoms with Crippen LogP contribution in [-0.2, 0) is 6.54 Å². The quantitative estimate of drug-likeness (QED) is 0.523. The maximum atomic E-state index is 13.5. The molecule has 0 bridgehead atoms. The summed E-state index contributed by atoms with van der Waals surface area (Å²) >= 11 is 0. The Balaban J connectivity index is 2.61. The van der Waals surface area contributed by atoms with Gasteiger partial charge in [0.05, 0.1) is 7.11 Å². The van der Waals surface area contributed by atoms with Crippen molar-refractivity contribution in [2.45, 2.75) is 53.2 Å². The number of aromatic nitrogens is 2. The number of alkyl halides is 2. The van der Waals surface area contributed by atoms with Crippen molar-refractivity contribution < 1.29 is 23.0 Å². The lowest BCUT2D eigenvalue weighted by Gasteiger charge is -2.25. The van der Waals surface area contributed by atoms with Crippen LogP contribution in [0.15, 0.2) is 27.8 Å². The topological polar surface area (TPSA) is 120 Å². The number of methoxy groups -OCH3 is 1. The molecule has 0 fully saturated rings. The number of nitrogens with zero attached hydrogens (tertiary/aromatic N) is 2. The molecule has 3 N–H and O–H groups in total. The molecule has 1 aromatic heterocycles. The van der Waals surface area contributed by atoms with Crippen molar-refractivity contribution in [3.05, 3.63) is 44.6 Å². The van der Waals surface area contributed by atoms with Gasteiger partial charge in [-0.25, -0.2) is 4.79 Å². The second-order valence-electron chi connectivity index (χ2n) is 7.88. The molecule has 11 heteroatoms. The van der Waals surface area contributed by atoms with Crippen LogP contribution in [-0.4, -0.2) is 35.7 Å². The molecule has 33 heavy (non-hydrogen) atoms. The standard InChI is InChI=1S/C22H30F2N4O5/c1-5-6-10-28-18(25)17(19(29)26-22(28)31)27(11-9-13(2)3)20(30)14-7-8-15(32-4)16(12-14)33-21(23)24/h7-8,12-13,21H,5-6,9-11,25H2,1-4H3,(H,26,29,31). The summed E-state index contributed by atoms with van der Waals surface area (Å²) in [5.74, 6) is -0.912. The minimum Gasteiger partial charge on any atom is -0.493 e. The summed E-state index contributed by atoms with van der Waals surface area (Å²) in [6.07, 6.45) is 1.95. The van der Waals surface area contributed by atoms with E-state index in [0.29, 0.717) is 12.8 Å². The number of nitrogen functional groups attached to an aromatic ring is 1. The number of hydrogen-bond donors (Lipinski definition) is 2. The predicted octanol–water partition coefficient (Wildman–Crippen LogP) is 3.22. The third kappa shape index (κ3) is 6.33. The zero-order chi connectivity index (χ0) is 24.7. The minimum atomic E-state index is -3.12. The Bertz CT molecular complexity index is 1080. The fourth-order valence-electron chi connectivity index (χ4n) is 3.23. The van der Waals surface area contributed by atoms with Crippen molar-refractivity contribution in [2.24, 2.45) is 5.92 Å². The Hall–Kier alpha value is -3.37. The van der Waals surface area contributed by atoms with Gasteiger partial charge in [-0.3, -0.25) is 19.1 Å². The van der Waals surface area contributed by atoms with E-state index in [9.17, 15) is 23.2 Å². The highest BCUT2D eigenvalue weighted by Crippen LogP contribution is 2.31. The van der Waals surface area contributed by atoms with Crippen LogP contribution in [0.25, 0.3) is 0 Å². The van der Waals surface area contributed by atoms with Gasteiger partial charge in [-0.2, -0.15) is 8.78 Å². The SMILES string of the molecule is CCCCn1c(N)c(N(CCC(C)C)C(=O)c2ccc(OC)c(OC(F)F)c2)c(=O)[nH]c1=O. The first kappa shape index (κ1) is 25.9. The van der Waals surface area contributed by atoms with E-state index in [-0.39, 0.29) is 47.6 Å². The van der Waals surface area contributed by atoms with Crippen molar-refractivity contribution in [1.29, 1.82) is 0 Å². The second-order valence-corrected chi connectivity index (χ2v) is 7.88. The summed E-state index contributed by atoms with van der Waals surface area (Å²) in [5, 5.41) is 0. The average Bonchev–Trinajstić information content (AvgIpc) is 2.74. The van der Waals surface area contributed by atoms with E-state index in [1.165, 1.54) is 28.7 Å². The molecule has 0 aliphatic carbocycles. The molecule has 9 nitrogen and oxygen atoms in total. The summed E-state index contributed by atoms with van der Waals surface area (Å²) in [5.41, 5.74) is 4.55. The van der Waals surface area contributed by atoms with Crippen LogP contribution in [0.2, 0.25) is 0 Å². The molecule has 0 spiro atoms. The molecule has 0 saturated heterocycles. The number of ether oxygens (including phenoxy) is 2. The third-order valence-electron chi connectivity index (χ3n) is 5.02. The third-order valence-corrected chi connectivity index (χ3v) is 5.02. The van der Waals surface area contributed by atoms with E-state index in [2.05, 4.69) is 9.72 Å². The predicted molar refractivity (Wildman–Crippen MR) is 121 cm³/mol. The number of rotatable bonds is 11. The largest absolute Gasteiger partial charge is 0.493 e. The van der Waals surface area contributed by atoms with Gasteiger partial charge in [0.25, 0.3) is 11.5 Å². The van der Waals surface area contributed by atoms with E-state index in [1.807, 2.05) is 20.8 Å². The number of benzene rings is 1. The lowest BCUT2D eigenvalue weighted by Crippen LogP contribution is -2.42. The molecule has 182 valence electrons. The van der Waals surface area contributed by atoms with Crippen molar-refractivity contribution in [1.82, 2.24) is 9.55 Å². The van der Waals surface area contributed by atoms with Crippen molar-refractivity contribution >= 4 is 17.4 Å². The summed E-state index contributed by atoms with van der Waals surface area (Å²) in [4.78, 5) is 41.9. The molecule has 0 atom stereocenters. The molecule has 0 saturated carbocycles. The molecule has 0 radical (unpaired) electrons. The van der Waals surface area contributed by atoms with Gasteiger partial charge in [0.2, 0.25) is 0 Å². The van der Waals surface area contributed by atoms with Crippen LogP contribution in [0, 0.1) is 5.92 Å². The van der Waals surface area contributed by atoms with Crippen LogP contribution in [0.3, 0.4) is 0 Å². The van der Waals surface area contributed by atoms with Gasteiger partial charge in [-0.05, 0) is 37.0 Å².